The highest BCUT2D eigenvalue weighted by Crippen LogP contribution is 2.23. The van der Waals surface area contributed by atoms with Crippen LogP contribution in [0.5, 0.6) is 0 Å². The molecule has 1 aliphatic rings. The second-order valence-corrected chi connectivity index (χ2v) is 5.89. The van der Waals surface area contributed by atoms with E-state index in [1.54, 1.807) is 15.9 Å². The average molecular weight is 326 g/mol. The Kier molecular flexibility index (Phi) is 4.60. The lowest BCUT2D eigenvalue weighted by Gasteiger charge is -2.34. The fourth-order valence-electron chi connectivity index (χ4n) is 2.92. The van der Waals surface area contributed by atoms with Crippen molar-refractivity contribution in [2.45, 2.75) is 6.92 Å². The number of amides is 2. The van der Waals surface area contributed by atoms with Crippen LogP contribution in [0.15, 0.2) is 48.5 Å². The molecule has 0 unspecified atom stereocenters. The molecule has 4 nitrogen and oxygen atoms in total. The summed E-state index contributed by atoms with van der Waals surface area (Å²) in [5.74, 6) is -0.615. The van der Waals surface area contributed by atoms with Crippen LogP contribution < -0.4 is 0 Å². The normalized spacial score (nSPS) is 14.6. The van der Waals surface area contributed by atoms with Gasteiger partial charge in [-0.1, -0.05) is 30.3 Å². The van der Waals surface area contributed by atoms with Crippen molar-refractivity contribution in [1.82, 2.24) is 9.80 Å². The van der Waals surface area contributed by atoms with Crippen LogP contribution in [0.1, 0.15) is 17.3 Å². The first-order chi connectivity index (χ1) is 11.5. The second kappa shape index (κ2) is 6.83. The number of benzene rings is 2. The first-order valence-electron chi connectivity index (χ1n) is 7.95. The molecule has 124 valence electrons. The number of hydrogen-bond donors (Lipinski definition) is 0. The van der Waals surface area contributed by atoms with Crippen molar-refractivity contribution in [2.24, 2.45) is 0 Å². The lowest BCUT2D eigenvalue weighted by Crippen LogP contribution is -2.50. The lowest BCUT2D eigenvalue weighted by atomic mass is 10.0. The fraction of sp³-hybridized carbons (Fsp3) is 0.263. The van der Waals surface area contributed by atoms with Crippen LogP contribution in [-0.4, -0.2) is 47.8 Å². The Morgan fingerprint density at radius 1 is 0.875 bits per heavy atom. The highest BCUT2D eigenvalue weighted by molar-refractivity contribution is 5.95. The summed E-state index contributed by atoms with van der Waals surface area (Å²) < 4.78 is 14.0. The Morgan fingerprint density at radius 3 is 2.12 bits per heavy atom. The van der Waals surface area contributed by atoms with Gasteiger partial charge in [-0.05, 0) is 29.3 Å². The molecule has 0 bridgehead atoms. The summed E-state index contributed by atoms with van der Waals surface area (Å²) in [6.45, 7) is 3.49. The maximum Gasteiger partial charge on any atom is 0.254 e. The number of hydrogen-bond acceptors (Lipinski definition) is 2. The van der Waals surface area contributed by atoms with Gasteiger partial charge in [0.25, 0.3) is 5.91 Å². The van der Waals surface area contributed by atoms with Crippen LogP contribution in [0.2, 0.25) is 0 Å². The summed E-state index contributed by atoms with van der Waals surface area (Å²) >= 11 is 0. The van der Waals surface area contributed by atoms with Gasteiger partial charge in [0.15, 0.2) is 0 Å². The predicted molar refractivity (Wildman–Crippen MR) is 90.0 cm³/mol. The van der Waals surface area contributed by atoms with E-state index >= 15 is 0 Å². The lowest BCUT2D eigenvalue weighted by molar-refractivity contribution is -0.130. The van der Waals surface area contributed by atoms with Gasteiger partial charge in [-0.2, -0.15) is 0 Å². The molecule has 2 aromatic rings. The molecule has 0 N–H and O–H groups in total. The Bertz CT molecular complexity index is 753. The largest absolute Gasteiger partial charge is 0.339 e. The van der Waals surface area contributed by atoms with Crippen molar-refractivity contribution >= 4 is 11.8 Å². The van der Waals surface area contributed by atoms with Crippen LogP contribution in [0.4, 0.5) is 4.39 Å². The van der Waals surface area contributed by atoms with Gasteiger partial charge in [0, 0.05) is 38.7 Å². The van der Waals surface area contributed by atoms with Crippen LogP contribution >= 0.6 is 0 Å². The van der Waals surface area contributed by atoms with E-state index in [9.17, 15) is 14.0 Å². The minimum Gasteiger partial charge on any atom is -0.339 e. The van der Waals surface area contributed by atoms with Gasteiger partial charge < -0.3 is 9.80 Å². The molecule has 1 aliphatic heterocycles. The molecular formula is C19H19FN2O2. The molecule has 0 atom stereocenters. The molecule has 1 heterocycles. The molecule has 0 radical (unpaired) electrons. The van der Waals surface area contributed by atoms with Crippen molar-refractivity contribution in [2.75, 3.05) is 26.2 Å². The van der Waals surface area contributed by atoms with Crippen molar-refractivity contribution in [1.29, 1.82) is 0 Å². The van der Waals surface area contributed by atoms with Crippen LogP contribution in [0.25, 0.3) is 11.1 Å². The molecular weight excluding hydrogens is 307 g/mol. The Hall–Kier alpha value is -2.69. The first-order valence-corrected chi connectivity index (χ1v) is 7.95. The van der Waals surface area contributed by atoms with Crippen LogP contribution in [0, 0.1) is 5.82 Å². The first kappa shape index (κ1) is 16.2. The van der Waals surface area contributed by atoms with Crippen molar-refractivity contribution in [3.05, 3.63) is 59.9 Å². The Labute approximate surface area is 140 Å². The van der Waals surface area contributed by atoms with E-state index in [2.05, 4.69) is 0 Å². The minimum absolute atomic E-state index is 0.0132. The zero-order valence-electron chi connectivity index (χ0n) is 13.5. The summed E-state index contributed by atoms with van der Waals surface area (Å²) in [5, 5.41) is 0. The molecule has 24 heavy (non-hydrogen) atoms. The van der Waals surface area contributed by atoms with E-state index in [-0.39, 0.29) is 11.8 Å². The number of halogens is 1. The number of nitrogens with zero attached hydrogens (tertiary/aromatic N) is 2. The van der Waals surface area contributed by atoms with Gasteiger partial charge >= 0.3 is 0 Å². The summed E-state index contributed by atoms with van der Waals surface area (Å²) in [7, 11) is 0. The predicted octanol–water partition coefficient (Wildman–Crippen LogP) is 2.80. The van der Waals surface area contributed by atoms with E-state index < -0.39 is 5.82 Å². The summed E-state index contributed by atoms with van der Waals surface area (Å²) in [4.78, 5) is 27.4. The maximum atomic E-state index is 14.0. The monoisotopic (exact) mass is 326 g/mol. The fourth-order valence-corrected chi connectivity index (χ4v) is 2.92. The van der Waals surface area contributed by atoms with Gasteiger partial charge in [0.1, 0.15) is 5.82 Å². The molecule has 1 fully saturated rings. The van der Waals surface area contributed by atoms with E-state index in [0.29, 0.717) is 37.3 Å². The molecule has 5 heteroatoms. The van der Waals surface area contributed by atoms with Crippen molar-refractivity contribution < 1.29 is 14.0 Å². The topological polar surface area (TPSA) is 40.6 Å². The molecule has 0 aliphatic carbocycles. The Balaban J connectivity index is 1.81. The van der Waals surface area contributed by atoms with E-state index in [0.717, 1.165) is 5.56 Å². The van der Waals surface area contributed by atoms with Crippen molar-refractivity contribution in [3.8, 4) is 11.1 Å². The third kappa shape index (κ3) is 3.45. The zero-order valence-corrected chi connectivity index (χ0v) is 13.5. The third-order valence-electron chi connectivity index (χ3n) is 4.26. The van der Waals surface area contributed by atoms with Gasteiger partial charge in [-0.15, -0.1) is 0 Å². The molecule has 2 amide bonds. The van der Waals surface area contributed by atoms with Gasteiger partial charge in [-0.3, -0.25) is 9.59 Å². The van der Waals surface area contributed by atoms with E-state index in [4.69, 9.17) is 0 Å². The number of carbonyl (C=O) groups excluding carboxylic acids is 2. The summed E-state index contributed by atoms with van der Waals surface area (Å²) in [6, 6.07) is 13.8. The zero-order chi connectivity index (χ0) is 17.1. The molecule has 3 rings (SSSR count). The standard InChI is InChI=1S/C19H19FN2O2/c1-14(23)21-7-9-22(10-8-21)19(24)17-11-16(12-18(20)13-17)15-5-3-2-4-6-15/h2-6,11-13H,7-10H2,1H3. The number of carbonyl (C=O) groups is 2. The SMILES string of the molecule is CC(=O)N1CCN(C(=O)c2cc(F)cc(-c3ccccc3)c2)CC1. The molecule has 0 saturated carbocycles. The average Bonchev–Trinajstić information content (AvgIpc) is 2.61. The molecule has 2 aromatic carbocycles. The van der Waals surface area contributed by atoms with Gasteiger partial charge in [-0.25, -0.2) is 4.39 Å². The van der Waals surface area contributed by atoms with Crippen molar-refractivity contribution in [3.63, 3.8) is 0 Å². The quantitative estimate of drug-likeness (QED) is 0.851. The smallest absolute Gasteiger partial charge is 0.254 e. The highest BCUT2D eigenvalue weighted by atomic mass is 19.1. The number of rotatable bonds is 2. The highest BCUT2D eigenvalue weighted by Gasteiger charge is 2.23. The van der Waals surface area contributed by atoms with Gasteiger partial charge in [0.05, 0.1) is 0 Å². The summed E-state index contributed by atoms with van der Waals surface area (Å²) in [6.07, 6.45) is 0. The van der Waals surface area contributed by atoms with Crippen LogP contribution in [0.3, 0.4) is 0 Å². The maximum absolute atomic E-state index is 14.0. The number of piperazine rings is 1. The molecule has 0 aromatic heterocycles. The molecule has 0 spiro atoms. The van der Waals surface area contributed by atoms with Gasteiger partial charge in [0.2, 0.25) is 5.91 Å². The minimum atomic E-state index is -0.429. The summed E-state index contributed by atoms with van der Waals surface area (Å²) in [5.41, 5.74) is 1.89. The van der Waals surface area contributed by atoms with E-state index in [1.165, 1.54) is 19.1 Å². The second-order valence-electron chi connectivity index (χ2n) is 5.89. The van der Waals surface area contributed by atoms with Crippen LogP contribution in [-0.2, 0) is 4.79 Å². The van der Waals surface area contributed by atoms with E-state index in [1.807, 2.05) is 30.3 Å². The Morgan fingerprint density at radius 2 is 1.50 bits per heavy atom. The third-order valence-corrected chi connectivity index (χ3v) is 4.26. The molecule has 1 saturated heterocycles.